The molecule has 0 atom stereocenters. The fourth-order valence-electron chi connectivity index (χ4n) is 2.77. The maximum atomic E-state index is 12.5. The molecule has 2 aromatic carbocycles. The van der Waals surface area contributed by atoms with Gasteiger partial charge in [-0.3, -0.25) is 0 Å². The summed E-state index contributed by atoms with van der Waals surface area (Å²) in [5.41, 5.74) is 1.12. The Morgan fingerprint density at radius 2 is 1.74 bits per heavy atom. The molecular formula is C22H20ClNO6S. The molecule has 2 N–H and O–H groups in total. The quantitative estimate of drug-likeness (QED) is 0.566. The van der Waals surface area contributed by atoms with E-state index in [0.717, 1.165) is 11.8 Å². The third kappa shape index (κ3) is 4.98. The van der Waals surface area contributed by atoms with Crippen molar-refractivity contribution >= 4 is 46.1 Å². The Morgan fingerprint density at radius 3 is 2.29 bits per heavy atom. The number of ether oxygens (including phenoxy) is 3. The van der Waals surface area contributed by atoms with Gasteiger partial charge in [-0.1, -0.05) is 23.4 Å². The summed E-state index contributed by atoms with van der Waals surface area (Å²) in [7, 11) is 2.84. The number of carbonyl (C=O) groups excluding carboxylic acids is 1. The van der Waals surface area contributed by atoms with Crippen molar-refractivity contribution in [2.45, 2.75) is 6.92 Å². The van der Waals surface area contributed by atoms with Gasteiger partial charge in [0.2, 0.25) is 5.75 Å². The molecule has 162 valence electrons. The maximum Gasteiger partial charge on any atom is 0.344 e. The number of nitrogens with zero attached hydrogens (tertiary/aromatic N) is 1. The monoisotopic (exact) mass is 461 g/mol. The number of rotatable bonds is 6. The number of esters is 1. The van der Waals surface area contributed by atoms with Gasteiger partial charge in [0, 0.05) is 5.02 Å². The van der Waals surface area contributed by atoms with Gasteiger partial charge in [0.25, 0.3) is 0 Å². The molecule has 31 heavy (non-hydrogen) atoms. The second-order valence-electron chi connectivity index (χ2n) is 6.22. The van der Waals surface area contributed by atoms with Gasteiger partial charge in [-0.05, 0) is 55.0 Å². The fraction of sp³-hybridized carbons (Fsp3) is 0.182. The number of halogens is 1. The number of aliphatic imine (C=N–C) groups is 1. The minimum absolute atomic E-state index is 0.0224. The molecule has 7 nitrogen and oxygen atoms in total. The molecule has 1 heterocycles. The topological polar surface area (TPSA) is 97.6 Å². The molecular weight excluding hydrogens is 442 g/mol. The summed E-state index contributed by atoms with van der Waals surface area (Å²) in [4.78, 5) is 17.4. The highest BCUT2D eigenvalue weighted by Gasteiger charge is 2.33. The lowest BCUT2D eigenvalue weighted by atomic mass is 10.1. The van der Waals surface area contributed by atoms with E-state index in [2.05, 4.69) is 4.99 Å². The molecule has 9 heteroatoms. The predicted molar refractivity (Wildman–Crippen MR) is 122 cm³/mol. The minimum Gasteiger partial charge on any atom is -0.506 e. The van der Waals surface area contributed by atoms with Crippen molar-refractivity contribution in [3.63, 3.8) is 0 Å². The molecule has 0 aliphatic carbocycles. The summed E-state index contributed by atoms with van der Waals surface area (Å²) in [6, 6.07) is 9.92. The van der Waals surface area contributed by atoms with Gasteiger partial charge in [-0.25, -0.2) is 9.79 Å². The first-order valence-electron chi connectivity index (χ1n) is 9.17. The summed E-state index contributed by atoms with van der Waals surface area (Å²) in [6.07, 6.45) is 1.63. The van der Waals surface area contributed by atoms with Gasteiger partial charge in [0.05, 0.1) is 31.4 Å². The lowest BCUT2D eigenvalue weighted by Crippen LogP contribution is -2.12. The number of aliphatic hydroxyl groups is 1. The number of hydrogen-bond donors (Lipinski definition) is 2. The average molecular weight is 462 g/mol. The first-order chi connectivity index (χ1) is 14.9. The van der Waals surface area contributed by atoms with E-state index < -0.39 is 5.97 Å². The molecule has 0 fully saturated rings. The van der Waals surface area contributed by atoms with Crippen molar-refractivity contribution < 1.29 is 29.2 Å². The summed E-state index contributed by atoms with van der Waals surface area (Å²) < 4.78 is 15.4. The van der Waals surface area contributed by atoms with Crippen LogP contribution in [0.3, 0.4) is 0 Å². The molecule has 1 aliphatic heterocycles. The molecule has 0 bridgehead atoms. The van der Waals surface area contributed by atoms with E-state index in [0.29, 0.717) is 26.2 Å². The Kier molecular flexibility index (Phi) is 7.14. The summed E-state index contributed by atoms with van der Waals surface area (Å²) in [5.74, 6) is -0.647. The fourth-order valence-corrected chi connectivity index (χ4v) is 3.93. The van der Waals surface area contributed by atoms with Gasteiger partial charge >= 0.3 is 5.97 Å². The zero-order valence-electron chi connectivity index (χ0n) is 17.0. The van der Waals surface area contributed by atoms with Gasteiger partial charge < -0.3 is 24.4 Å². The number of aliphatic hydroxyl groups excluding tert-OH is 1. The highest BCUT2D eigenvalue weighted by molar-refractivity contribution is 8.18. The summed E-state index contributed by atoms with van der Waals surface area (Å²) in [5, 5.41) is 21.7. The number of thioether (sulfide) groups is 1. The third-order valence-electron chi connectivity index (χ3n) is 4.23. The SMILES string of the molecule is CCOC(=O)C1=C(O)C(=Cc2cc(OC)c(O)c(OC)c2)SC1=Nc1ccc(Cl)cc1. The van der Waals surface area contributed by atoms with Gasteiger partial charge in [0.15, 0.2) is 11.5 Å². The number of phenolic OH excluding ortho intramolecular Hbond substituents is 1. The van der Waals surface area contributed by atoms with Crippen molar-refractivity contribution in [1.82, 2.24) is 0 Å². The van der Waals surface area contributed by atoms with Crippen LogP contribution >= 0.6 is 23.4 Å². The molecule has 3 rings (SSSR count). The number of aromatic hydroxyl groups is 1. The van der Waals surface area contributed by atoms with E-state index in [1.54, 1.807) is 49.4 Å². The lowest BCUT2D eigenvalue weighted by molar-refractivity contribution is -0.138. The van der Waals surface area contributed by atoms with E-state index in [-0.39, 0.29) is 35.2 Å². The number of carbonyl (C=O) groups is 1. The highest BCUT2D eigenvalue weighted by atomic mass is 35.5. The Morgan fingerprint density at radius 1 is 1.13 bits per heavy atom. The molecule has 0 radical (unpaired) electrons. The van der Waals surface area contributed by atoms with E-state index >= 15 is 0 Å². The van der Waals surface area contributed by atoms with E-state index in [1.165, 1.54) is 14.2 Å². The lowest BCUT2D eigenvalue weighted by Gasteiger charge is -2.10. The first kappa shape index (κ1) is 22.6. The largest absolute Gasteiger partial charge is 0.506 e. The second-order valence-corrected chi connectivity index (χ2v) is 7.69. The zero-order valence-corrected chi connectivity index (χ0v) is 18.6. The molecule has 0 unspecified atom stereocenters. The Labute approximate surface area is 188 Å². The van der Waals surface area contributed by atoms with E-state index in [4.69, 9.17) is 25.8 Å². The van der Waals surface area contributed by atoms with Crippen LogP contribution in [0.2, 0.25) is 5.02 Å². The summed E-state index contributed by atoms with van der Waals surface area (Å²) in [6.45, 7) is 1.83. The Hall–Kier alpha value is -3.10. The summed E-state index contributed by atoms with van der Waals surface area (Å²) >= 11 is 7.04. The van der Waals surface area contributed by atoms with Crippen LogP contribution in [0.1, 0.15) is 12.5 Å². The van der Waals surface area contributed by atoms with Crippen molar-refractivity contribution in [2.24, 2.45) is 4.99 Å². The maximum absolute atomic E-state index is 12.5. The van der Waals surface area contributed by atoms with Gasteiger partial charge in [-0.2, -0.15) is 0 Å². The molecule has 0 saturated carbocycles. The van der Waals surface area contributed by atoms with Crippen LogP contribution in [0.5, 0.6) is 17.2 Å². The van der Waals surface area contributed by atoms with E-state index in [1.807, 2.05) is 0 Å². The van der Waals surface area contributed by atoms with Gasteiger partial charge in [0.1, 0.15) is 16.4 Å². The normalized spacial score (nSPS) is 16.1. The zero-order chi connectivity index (χ0) is 22.5. The molecule has 1 aliphatic rings. The highest BCUT2D eigenvalue weighted by Crippen LogP contribution is 2.42. The predicted octanol–water partition coefficient (Wildman–Crippen LogP) is 5.26. The third-order valence-corrected chi connectivity index (χ3v) is 5.50. The van der Waals surface area contributed by atoms with Crippen molar-refractivity contribution in [3.8, 4) is 17.2 Å². The van der Waals surface area contributed by atoms with E-state index in [9.17, 15) is 15.0 Å². The van der Waals surface area contributed by atoms with Gasteiger partial charge in [-0.15, -0.1) is 0 Å². The van der Waals surface area contributed by atoms with Crippen molar-refractivity contribution in [3.05, 3.63) is 63.2 Å². The van der Waals surface area contributed by atoms with Crippen LogP contribution < -0.4 is 9.47 Å². The smallest absolute Gasteiger partial charge is 0.344 e. The second kappa shape index (κ2) is 9.80. The van der Waals surface area contributed by atoms with Crippen LogP contribution in [0.15, 0.2) is 57.6 Å². The first-order valence-corrected chi connectivity index (χ1v) is 10.4. The number of phenols is 1. The molecule has 0 amide bonds. The van der Waals surface area contributed by atoms with Crippen LogP contribution in [0.4, 0.5) is 5.69 Å². The number of hydrogen-bond acceptors (Lipinski definition) is 8. The molecule has 0 saturated heterocycles. The molecule has 2 aromatic rings. The Balaban J connectivity index is 2.08. The van der Waals surface area contributed by atoms with Crippen LogP contribution in [0.25, 0.3) is 6.08 Å². The van der Waals surface area contributed by atoms with Crippen molar-refractivity contribution in [2.75, 3.05) is 20.8 Å². The average Bonchev–Trinajstić information content (AvgIpc) is 3.05. The van der Waals surface area contributed by atoms with Crippen LogP contribution in [-0.4, -0.2) is 42.1 Å². The number of benzene rings is 2. The molecule has 0 spiro atoms. The number of methoxy groups -OCH3 is 2. The molecule has 0 aromatic heterocycles. The Bertz CT molecular complexity index is 1070. The van der Waals surface area contributed by atoms with Crippen LogP contribution in [0, 0.1) is 0 Å². The van der Waals surface area contributed by atoms with Crippen molar-refractivity contribution in [1.29, 1.82) is 0 Å². The van der Waals surface area contributed by atoms with Crippen LogP contribution in [-0.2, 0) is 9.53 Å². The minimum atomic E-state index is -0.676. The standard InChI is InChI=1S/C22H20ClNO6S/c1-4-30-22(27)18-20(26)17(31-21(18)24-14-7-5-13(23)6-8-14)11-12-9-15(28-2)19(25)16(10-12)29-3/h5-11,25-26H,4H2,1-3H3.